The number of nitrogens with zero attached hydrogens (tertiary/aromatic N) is 4. The van der Waals surface area contributed by atoms with Crippen LogP contribution in [0.4, 0.5) is 13.2 Å². The molecule has 0 spiro atoms. The van der Waals surface area contributed by atoms with Crippen molar-refractivity contribution >= 4 is 10.8 Å². The third-order valence-electron chi connectivity index (χ3n) is 7.74. The molecule has 2 aromatic carbocycles. The van der Waals surface area contributed by atoms with Gasteiger partial charge in [0.2, 0.25) is 0 Å². The average molecular weight is 502 g/mol. The van der Waals surface area contributed by atoms with Gasteiger partial charge in [0.25, 0.3) is 0 Å². The standard InChI is InChI=1S/C27H34F3N5O/c1-3-23(35-33-26(32-34-35)18-12-14-31-15-13-18)20-6-10-22-19(16-20)7-11-24(25(22)27(28,29)30)36-21-8-4-17(2)5-9-21/h6-7,10-11,16-18,21,23,31H,3-5,8-9,12-15H2,1-2H3. The molecular weight excluding hydrogens is 467 g/mol. The van der Waals surface area contributed by atoms with Crippen LogP contribution >= 0.6 is 0 Å². The van der Waals surface area contributed by atoms with Crippen molar-refractivity contribution in [3.05, 3.63) is 47.3 Å². The fourth-order valence-electron chi connectivity index (χ4n) is 5.60. The number of halogens is 3. The van der Waals surface area contributed by atoms with Crippen molar-refractivity contribution in [2.24, 2.45) is 5.92 Å². The van der Waals surface area contributed by atoms with Crippen LogP contribution in [0.2, 0.25) is 0 Å². The Balaban J connectivity index is 1.45. The van der Waals surface area contributed by atoms with E-state index in [0.29, 0.717) is 17.7 Å². The molecule has 6 nitrogen and oxygen atoms in total. The molecule has 5 rings (SSSR count). The van der Waals surface area contributed by atoms with E-state index in [1.54, 1.807) is 23.0 Å². The molecule has 1 N–H and O–H groups in total. The topological polar surface area (TPSA) is 64.9 Å². The first-order chi connectivity index (χ1) is 17.3. The molecule has 0 amide bonds. The maximum absolute atomic E-state index is 14.2. The molecule has 2 aliphatic rings. The van der Waals surface area contributed by atoms with Gasteiger partial charge < -0.3 is 10.1 Å². The summed E-state index contributed by atoms with van der Waals surface area (Å²) in [5.74, 6) is 1.56. The van der Waals surface area contributed by atoms with E-state index in [2.05, 4.69) is 27.7 Å². The molecule has 1 unspecified atom stereocenters. The zero-order valence-corrected chi connectivity index (χ0v) is 20.9. The van der Waals surface area contributed by atoms with Gasteiger partial charge in [0.1, 0.15) is 11.3 Å². The number of hydrogen-bond donors (Lipinski definition) is 1. The highest BCUT2D eigenvalue weighted by Crippen LogP contribution is 2.43. The Labute approximate surface area is 209 Å². The van der Waals surface area contributed by atoms with Gasteiger partial charge in [-0.2, -0.15) is 18.0 Å². The lowest BCUT2D eigenvalue weighted by Gasteiger charge is -2.28. The maximum Gasteiger partial charge on any atom is 0.420 e. The summed E-state index contributed by atoms with van der Waals surface area (Å²) in [5, 5.41) is 17.3. The molecule has 0 bridgehead atoms. The molecule has 2 heterocycles. The van der Waals surface area contributed by atoms with Gasteiger partial charge in [0, 0.05) is 5.92 Å². The van der Waals surface area contributed by atoms with Crippen LogP contribution in [0.1, 0.15) is 87.7 Å². The number of benzene rings is 2. The van der Waals surface area contributed by atoms with Gasteiger partial charge in [-0.15, -0.1) is 10.2 Å². The molecule has 1 aliphatic heterocycles. The van der Waals surface area contributed by atoms with Crippen molar-refractivity contribution in [3.63, 3.8) is 0 Å². The predicted molar refractivity (Wildman–Crippen MR) is 132 cm³/mol. The van der Waals surface area contributed by atoms with E-state index in [4.69, 9.17) is 4.74 Å². The lowest BCUT2D eigenvalue weighted by atomic mass is 9.89. The Hall–Kier alpha value is -2.68. The highest BCUT2D eigenvalue weighted by molar-refractivity contribution is 5.89. The molecule has 1 atom stereocenters. The molecule has 0 radical (unpaired) electrons. The van der Waals surface area contributed by atoms with E-state index < -0.39 is 11.7 Å². The second-order valence-corrected chi connectivity index (χ2v) is 10.3. The van der Waals surface area contributed by atoms with Crippen LogP contribution < -0.4 is 10.1 Å². The van der Waals surface area contributed by atoms with Crippen LogP contribution in [0.15, 0.2) is 30.3 Å². The molecule has 36 heavy (non-hydrogen) atoms. The minimum absolute atomic E-state index is 0.0705. The Kier molecular flexibility index (Phi) is 7.19. The first kappa shape index (κ1) is 25.0. The number of alkyl halides is 3. The number of hydrogen-bond acceptors (Lipinski definition) is 5. The van der Waals surface area contributed by atoms with Gasteiger partial charge in [0.05, 0.1) is 12.1 Å². The summed E-state index contributed by atoms with van der Waals surface area (Å²) >= 11 is 0. The summed E-state index contributed by atoms with van der Waals surface area (Å²) in [4.78, 5) is 1.62. The number of aromatic nitrogens is 4. The van der Waals surface area contributed by atoms with Gasteiger partial charge in [-0.25, -0.2) is 0 Å². The molecule has 194 valence electrons. The number of tetrazole rings is 1. The first-order valence-electron chi connectivity index (χ1n) is 13.1. The zero-order valence-electron chi connectivity index (χ0n) is 20.9. The van der Waals surface area contributed by atoms with E-state index >= 15 is 0 Å². The van der Waals surface area contributed by atoms with Gasteiger partial charge in [-0.3, -0.25) is 0 Å². The van der Waals surface area contributed by atoms with E-state index in [0.717, 1.165) is 63.0 Å². The van der Waals surface area contributed by atoms with Gasteiger partial charge >= 0.3 is 6.18 Å². The van der Waals surface area contributed by atoms with E-state index in [-0.39, 0.29) is 29.2 Å². The van der Waals surface area contributed by atoms with Crippen LogP contribution in [0.3, 0.4) is 0 Å². The number of rotatable bonds is 6. The number of piperidine rings is 1. The SMILES string of the molecule is CCC(c1ccc2c(C(F)(F)F)c(OC3CCC(C)CC3)ccc2c1)n1nnc(C2CCNCC2)n1. The van der Waals surface area contributed by atoms with E-state index in [1.807, 2.05) is 13.0 Å². The molecule has 1 aliphatic carbocycles. The summed E-state index contributed by atoms with van der Waals surface area (Å²) in [6.45, 7) is 6.07. The van der Waals surface area contributed by atoms with Gasteiger partial charge in [-0.1, -0.05) is 32.0 Å². The third-order valence-corrected chi connectivity index (χ3v) is 7.74. The maximum atomic E-state index is 14.2. The molecule has 2 fully saturated rings. The largest absolute Gasteiger partial charge is 0.490 e. The van der Waals surface area contributed by atoms with Gasteiger partial charge in [0.15, 0.2) is 5.82 Å². The van der Waals surface area contributed by atoms with Crippen LogP contribution in [-0.2, 0) is 6.18 Å². The molecular formula is C27H34F3N5O. The molecule has 1 saturated carbocycles. The van der Waals surface area contributed by atoms with Crippen LogP contribution in [0.5, 0.6) is 5.75 Å². The normalized spacial score (nSPS) is 22.6. The quantitative estimate of drug-likeness (QED) is 0.431. The fourth-order valence-corrected chi connectivity index (χ4v) is 5.60. The van der Waals surface area contributed by atoms with E-state index in [9.17, 15) is 13.2 Å². The Morgan fingerprint density at radius 2 is 1.81 bits per heavy atom. The fraction of sp³-hybridized carbons (Fsp3) is 0.593. The van der Waals surface area contributed by atoms with Crippen molar-refractivity contribution in [1.82, 2.24) is 25.5 Å². The highest BCUT2D eigenvalue weighted by Gasteiger charge is 2.37. The minimum atomic E-state index is -4.51. The van der Waals surface area contributed by atoms with Crippen LogP contribution in [0.25, 0.3) is 10.8 Å². The monoisotopic (exact) mass is 501 g/mol. The molecule has 3 aromatic rings. The highest BCUT2D eigenvalue weighted by atomic mass is 19.4. The first-order valence-corrected chi connectivity index (χ1v) is 13.1. The number of nitrogens with one attached hydrogen (secondary N) is 1. The van der Waals surface area contributed by atoms with Gasteiger partial charge in [-0.05, 0) is 97.6 Å². The Bertz CT molecular complexity index is 1180. The summed E-state index contributed by atoms with van der Waals surface area (Å²) in [6, 6.07) is 8.15. The lowest BCUT2D eigenvalue weighted by Crippen LogP contribution is -2.27. The molecule has 1 saturated heterocycles. The van der Waals surface area contributed by atoms with Crippen molar-refractivity contribution in [2.75, 3.05) is 13.1 Å². The van der Waals surface area contributed by atoms with Crippen molar-refractivity contribution < 1.29 is 17.9 Å². The number of fused-ring (bicyclic) bond motifs is 1. The van der Waals surface area contributed by atoms with Crippen LogP contribution in [0, 0.1) is 5.92 Å². The van der Waals surface area contributed by atoms with Crippen molar-refractivity contribution in [1.29, 1.82) is 0 Å². The third kappa shape index (κ3) is 5.21. The second kappa shape index (κ2) is 10.4. The number of ether oxygens (including phenoxy) is 1. The predicted octanol–water partition coefficient (Wildman–Crippen LogP) is 6.27. The van der Waals surface area contributed by atoms with Crippen molar-refractivity contribution in [2.45, 2.75) is 83.0 Å². The van der Waals surface area contributed by atoms with E-state index in [1.165, 1.54) is 6.07 Å². The summed E-state index contributed by atoms with van der Waals surface area (Å²) < 4.78 is 48.7. The Morgan fingerprint density at radius 3 is 2.50 bits per heavy atom. The summed E-state index contributed by atoms with van der Waals surface area (Å²) in [6.07, 6.45) is 1.51. The molecule has 9 heteroatoms. The average Bonchev–Trinajstić information content (AvgIpc) is 3.35. The smallest absolute Gasteiger partial charge is 0.420 e. The molecule has 1 aromatic heterocycles. The zero-order chi connectivity index (χ0) is 25.3. The Morgan fingerprint density at radius 1 is 1.06 bits per heavy atom. The summed E-state index contributed by atoms with van der Waals surface area (Å²) in [5.41, 5.74) is 0.174. The summed E-state index contributed by atoms with van der Waals surface area (Å²) in [7, 11) is 0. The second-order valence-electron chi connectivity index (χ2n) is 10.3. The van der Waals surface area contributed by atoms with Crippen LogP contribution in [-0.4, -0.2) is 39.4 Å². The minimum Gasteiger partial charge on any atom is -0.490 e. The van der Waals surface area contributed by atoms with Crippen molar-refractivity contribution in [3.8, 4) is 5.75 Å². The lowest BCUT2D eigenvalue weighted by molar-refractivity contribution is -0.138.